The van der Waals surface area contributed by atoms with E-state index < -0.39 is 47.8 Å². The van der Waals surface area contributed by atoms with Crippen LogP contribution in [0.3, 0.4) is 0 Å². The fourth-order valence-electron chi connectivity index (χ4n) is 3.26. The van der Waals surface area contributed by atoms with Crippen LogP contribution in [0.1, 0.15) is 11.1 Å². The number of nitro benzene ring substituents is 1. The molecule has 2 N–H and O–H groups in total. The Bertz CT molecular complexity index is 1650. The Morgan fingerprint density at radius 2 is 1.43 bits per heavy atom. The lowest BCUT2D eigenvalue weighted by Gasteiger charge is -2.21. The summed E-state index contributed by atoms with van der Waals surface area (Å²) in [6.45, 7) is 0. The highest BCUT2D eigenvalue weighted by molar-refractivity contribution is 9.15. The molecule has 0 saturated carbocycles. The molecule has 0 bridgehead atoms. The first-order chi connectivity index (χ1) is 17.0. The highest BCUT2D eigenvalue weighted by Gasteiger charge is 2.35. The van der Waals surface area contributed by atoms with Crippen LogP contribution >= 0.6 is 95.6 Å². The zero-order chi connectivity index (χ0) is 28.1. The summed E-state index contributed by atoms with van der Waals surface area (Å²) in [4.78, 5) is 33.0. The number of Topliss-reactive ketones (excluding diaryl/α,β-unsaturated/α-hetero) is 1. The van der Waals surface area contributed by atoms with E-state index in [0.717, 1.165) is 18.2 Å². The van der Waals surface area contributed by atoms with Crippen molar-refractivity contribution in [2.24, 2.45) is 0 Å². The summed E-state index contributed by atoms with van der Waals surface area (Å²) >= 11 is 18.9. The van der Waals surface area contributed by atoms with Gasteiger partial charge in [0.1, 0.15) is 4.90 Å². The van der Waals surface area contributed by atoms with E-state index in [1.54, 1.807) is 0 Å². The van der Waals surface area contributed by atoms with Gasteiger partial charge in [-0.25, -0.2) is 0 Å². The van der Waals surface area contributed by atoms with Gasteiger partial charge in [0.2, 0.25) is 5.75 Å². The molecule has 0 aliphatic heterocycles. The van der Waals surface area contributed by atoms with Crippen molar-refractivity contribution in [3.8, 4) is 5.75 Å². The molecule has 0 fully saturated rings. The lowest BCUT2D eigenvalue weighted by atomic mass is 9.90. The quantitative estimate of drug-likeness (QED) is 0.103. The Kier molecular flexibility index (Phi) is 9.05. The molecule has 0 unspecified atom stereocenters. The van der Waals surface area contributed by atoms with Crippen LogP contribution in [0.25, 0.3) is 5.57 Å². The summed E-state index contributed by atoms with van der Waals surface area (Å²) in [5, 5.41) is 33.4. The highest BCUT2D eigenvalue weighted by atomic mass is 79.9. The third-order valence-electron chi connectivity index (χ3n) is 4.77. The number of nitro groups is 2. The van der Waals surface area contributed by atoms with Crippen LogP contribution in [0.2, 0.25) is 0 Å². The van der Waals surface area contributed by atoms with Gasteiger partial charge in [-0.3, -0.25) is 29.6 Å². The smallest absolute Gasteiger partial charge is 0.318 e. The predicted octanol–water partition coefficient (Wildman–Crippen LogP) is 7.18. The fourth-order valence-corrected chi connectivity index (χ4v) is 8.14. The van der Waals surface area contributed by atoms with Crippen molar-refractivity contribution in [2.75, 3.05) is 0 Å². The summed E-state index contributed by atoms with van der Waals surface area (Å²) < 4.78 is 35.2. The zero-order valence-corrected chi connectivity index (χ0v) is 27.5. The molecule has 1 aliphatic carbocycles. The molecular formula is C19H6Br6N2O9S. The van der Waals surface area contributed by atoms with E-state index in [0.29, 0.717) is 0 Å². The lowest BCUT2D eigenvalue weighted by Crippen LogP contribution is -2.16. The van der Waals surface area contributed by atoms with E-state index in [1.165, 1.54) is 6.07 Å². The molecule has 0 saturated heterocycles. The number of ketones is 1. The average Bonchev–Trinajstić information content (AvgIpc) is 2.78. The van der Waals surface area contributed by atoms with Crippen LogP contribution < -0.4 is 0 Å². The van der Waals surface area contributed by atoms with E-state index in [2.05, 4.69) is 95.6 Å². The van der Waals surface area contributed by atoms with Crippen molar-refractivity contribution in [2.45, 2.75) is 4.90 Å². The Balaban J connectivity index is 2.72. The third-order valence-corrected chi connectivity index (χ3v) is 11.9. The number of rotatable bonds is 5. The van der Waals surface area contributed by atoms with Crippen molar-refractivity contribution in [1.29, 1.82) is 0 Å². The molecule has 0 spiro atoms. The fraction of sp³-hybridized carbons (Fsp3) is 0. The van der Waals surface area contributed by atoms with Gasteiger partial charge in [0.15, 0.2) is 0 Å². The predicted molar refractivity (Wildman–Crippen MR) is 153 cm³/mol. The Morgan fingerprint density at radius 1 is 0.865 bits per heavy atom. The number of hydrogen-bond donors (Lipinski definition) is 2. The highest BCUT2D eigenvalue weighted by Crippen LogP contribution is 2.50. The number of halogens is 6. The second kappa shape index (κ2) is 11.1. The van der Waals surface area contributed by atoms with Crippen molar-refractivity contribution in [1.82, 2.24) is 0 Å². The van der Waals surface area contributed by atoms with Crippen LogP contribution in [0.15, 0.2) is 67.3 Å². The number of carbonyl (C=O) groups is 1. The van der Waals surface area contributed by atoms with Crippen LogP contribution in [0, 0.1) is 20.2 Å². The number of phenolic OH excluding ortho intramolecular Hbond substituents is 1. The van der Waals surface area contributed by atoms with Gasteiger partial charge in [0, 0.05) is 31.1 Å². The molecule has 37 heavy (non-hydrogen) atoms. The maximum atomic E-state index is 12.6. The van der Waals surface area contributed by atoms with E-state index in [9.17, 15) is 43.1 Å². The van der Waals surface area contributed by atoms with Gasteiger partial charge in [0.25, 0.3) is 15.9 Å². The summed E-state index contributed by atoms with van der Waals surface area (Å²) in [5.74, 6) is -1.71. The van der Waals surface area contributed by atoms with Crippen LogP contribution in [-0.4, -0.2) is 33.7 Å². The molecule has 2 aromatic carbocycles. The first-order valence-corrected chi connectivity index (χ1v) is 15.2. The molecule has 0 atom stereocenters. The van der Waals surface area contributed by atoms with Crippen molar-refractivity contribution < 1.29 is 32.7 Å². The standard InChI is InChI=1S/C19H6Br6N2O9S/c20-7-1-5(3-9(17(7)28)26(30)31)11(6-2-8(21)18(29)10(4-6)27(32)33)12-13(22)14(23)15(24)16(25)19(12)37(34,35)36/h1-4,28H,(H,34,35,36)/b11-6+. The van der Waals surface area contributed by atoms with Gasteiger partial charge in [-0.1, -0.05) is 0 Å². The van der Waals surface area contributed by atoms with E-state index >= 15 is 0 Å². The number of nitrogens with zero attached hydrogens (tertiary/aromatic N) is 2. The van der Waals surface area contributed by atoms with Crippen LogP contribution in [0.4, 0.5) is 5.69 Å². The Labute approximate surface area is 257 Å². The van der Waals surface area contributed by atoms with Gasteiger partial charge in [-0.2, -0.15) is 8.42 Å². The number of benzene rings is 2. The maximum Gasteiger partial charge on any atom is 0.318 e. The van der Waals surface area contributed by atoms with Crippen LogP contribution in [-0.2, 0) is 14.9 Å². The minimum atomic E-state index is -5.03. The van der Waals surface area contributed by atoms with Crippen LogP contribution in [0.5, 0.6) is 5.75 Å². The zero-order valence-electron chi connectivity index (χ0n) is 17.1. The van der Waals surface area contributed by atoms with Crippen molar-refractivity contribution in [3.63, 3.8) is 0 Å². The Morgan fingerprint density at radius 3 is 1.95 bits per heavy atom. The monoisotopic (exact) mass is 911 g/mol. The minimum absolute atomic E-state index is 0.0158. The molecule has 194 valence electrons. The molecule has 3 rings (SSSR count). The molecule has 11 nitrogen and oxygen atoms in total. The lowest BCUT2D eigenvalue weighted by molar-refractivity contribution is -0.418. The van der Waals surface area contributed by atoms with E-state index in [4.69, 9.17) is 0 Å². The summed E-state index contributed by atoms with van der Waals surface area (Å²) in [6, 6.07) is 2.11. The second-order valence-electron chi connectivity index (χ2n) is 6.96. The third kappa shape index (κ3) is 5.70. The molecule has 0 aromatic heterocycles. The SMILES string of the molecule is O=C1C(Br)=C/C(=C(/c2cc(Br)c(O)c([N+](=O)[O-])c2)c2c(Br)c(Br)c(Br)c(Br)c2S(=O)(=O)O)C=C1[N+](=O)[O-]. The van der Waals surface area contributed by atoms with Gasteiger partial charge in [-0.05, 0) is 124 Å². The van der Waals surface area contributed by atoms with Gasteiger partial charge < -0.3 is 5.11 Å². The molecule has 1 aliphatic rings. The molecule has 2 aromatic rings. The van der Waals surface area contributed by atoms with Crippen molar-refractivity contribution >= 4 is 123 Å². The minimum Gasteiger partial charge on any atom is -0.501 e. The maximum absolute atomic E-state index is 12.6. The molecule has 18 heteroatoms. The van der Waals surface area contributed by atoms with Gasteiger partial charge in [0.05, 0.1) is 23.3 Å². The number of aromatic hydroxyl groups is 1. The number of carbonyl (C=O) groups excluding carboxylic acids is 1. The van der Waals surface area contributed by atoms with Gasteiger partial charge in [-0.15, -0.1) is 0 Å². The number of allylic oxidation sites excluding steroid dienone is 4. The topological polar surface area (TPSA) is 178 Å². The normalized spacial score (nSPS) is 15.3. The largest absolute Gasteiger partial charge is 0.501 e. The molecule has 0 radical (unpaired) electrons. The first-order valence-electron chi connectivity index (χ1n) is 9.02. The first kappa shape index (κ1) is 30.3. The average molecular weight is 918 g/mol. The molecular weight excluding hydrogens is 912 g/mol. The Hall–Kier alpha value is -1.28. The number of hydrogen-bond acceptors (Lipinski definition) is 8. The molecule has 0 heterocycles. The number of phenols is 1. The van der Waals surface area contributed by atoms with E-state index in [1.807, 2.05) is 0 Å². The van der Waals surface area contributed by atoms with Gasteiger partial charge >= 0.3 is 11.4 Å². The summed E-state index contributed by atoms with van der Waals surface area (Å²) in [7, 11) is -5.03. The summed E-state index contributed by atoms with van der Waals surface area (Å²) in [6.07, 6.45) is 2.01. The van der Waals surface area contributed by atoms with Crippen molar-refractivity contribution in [3.05, 3.63) is 93.8 Å². The van der Waals surface area contributed by atoms with E-state index in [-0.39, 0.29) is 49.1 Å². The molecule has 0 amide bonds. The summed E-state index contributed by atoms with van der Waals surface area (Å²) in [5.41, 5.74) is -2.37. The second-order valence-corrected chi connectivity index (χ2v) is 13.2.